The number of aryl methyl sites for hydroxylation is 1. The van der Waals surface area contributed by atoms with Gasteiger partial charge in [-0.15, -0.1) is 11.8 Å². The van der Waals surface area contributed by atoms with E-state index in [9.17, 15) is 0 Å². The highest BCUT2D eigenvalue weighted by Crippen LogP contribution is 2.35. The summed E-state index contributed by atoms with van der Waals surface area (Å²) in [7, 11) is 1.71. The Bertz CT molecular complexity index is 339. The molecule has 0 aromatic heterocycles. The van der Waals surface area contributed by atoms with Crippen molar-refractivity contribution in [3.63, 3.8) is 0 Å². The van der Waals surface area contributed by atoms with Crippen LogP contribution in [0.2, 0.25) is 0 Å². The summed E-state index contributed by atoms with van der Waals surface area (Å²) in [6.07, 6.45) is 0. The van der Waals surface area contributed by atoms with Gasteiger partial charge in [0.1, 0.15) is 5.75 Å². The molecule has 90 valence electrons. The Balaban J connectivity index is 2.89. The highest BCUT2D eigenvalue weighted by atomic mass is 32.2. The summed E-state index contributed by atoms with van der Waals surface area (Å²) in [6.45, 7) is 7.19. The molecular weight excluding hydrogens is 218 g/mol. The van der Waals surface area contributed by atoms with Crippen molar-refractivity contribution in [2.45, 2.75) is 30.9 Å². The van der Waals surface area contributed by atoms with E-state index in [1.165, 1.54) is 10.5 Å². The second kappa shape index (κ2) is 6.16. The maximum absolute atomic E-state index is 5.79. The Morgan fingerprint density at radius 3 is 2.56 bits per heavy atom. The van der Waals surface area contributed by atoms with Gasteiger partial charge >= 0.3 is 0 Å². The fourth-order valence-corrected chi connectivity index (χ4v) is 2.71. The van der Waals surface area contributed by atoms with Crippen LogP contribution in [0.25, 0.3) is 0 Å². The average Bonchev–Trinajstić information content (AvgIpc) is 2.25. The third-order valence-corrected chi connectivity index (χ3v) is 4.19. The number of nitrogens with two attached hydrogens (primary N) is 1. The van der Waals surface area contributed by atoms with Crippen LogP contribution in [-0.2, 0) is 0 Å². The van der Waals surface area contributed by atoms with Gasteiger partial charge in [0.25, 0.3) is 0 Å². The van der Waals surface area contributed by atoms with Gasteiger partial charge in [-0.3, -0.25) is 0 Å². The lowest BCUT2D eigenvalue weighted by atomic mass is 10.1. The molecule has 1 aromatic carbocycles. The minimum absolute atomic E-state index is 0.440. The predicted octanol–water partition coefficient (Wildman–Crippen LogP) is 3.08. The van der Waals surface area contributed by atoms with Crippen LogP contribution in [0, 0.1) is 12.8 Å². The molecule has 0 heterocycles. The number of thioether (sulfide) groups is 1. The topological polar surface area (TPSA) is 35.2 Å². The Labute approximate surface area is 103 Å². The molecule has 0 aliphatic heterocycles. The second-order valence-electron chi connectivity index (χ2n) is 4.29. The van der Waals surface area contributed by atoms with Gasteiger partial charge in [-0.2, -0.15) is 0 Å². The fourth-order valence-electron chi connectivity index (χ4n) is 1.50. The molecule has 3 heteroatoms. The summed E-state index contributed by atoms with van der Waals surface area (Å²) < 4.78 is 5.36. The fraction of sp³-hybridized carbons (Fsp3) is 0.538. The van der Waals surface area contributed by atoms with Crippen molar-refractivity contribution in [2.75, 3.05) is 13.7 Å². The molecule has 0 saturated carbocycles. The highest BCUT2D eigenvalue weighted by molar-refractivity contribution is 8.00. The first-order chi connectivity index (χ1) is 7.58. The number of benzene rings is 1. The van der Waals surface area contributed by atoms with E-state index < -0.39 is 0 Å². The zero-order valence-corrected chi connectivity index (χ0v) is 11.3. The molecule has 1 aromatic rings. The van der Waals surface area contributed by atoms with Gasteiger partial charge in [-0.1, -0.05) is 19.9 Å². The third-order valence-electron chi connectivity index (χ3n) is 2.57. The number of rotatable bonds is 5. The van der Waals surface area contributed by atoms with Crippen LogP contribution in [0.1, 0.15) is 19.4 Å². The van der Waals surface area contributed by atoms with Crippen LogP contribution in [0.4, 0.5) is 0 Å². The van der Waals surface area contributed by atoms with E-state index in [-0.39, 0.29) is 0 Å². The van der Waals surface area contributed by atoms with Crippen LogP contribution >= 0.6 is 11.8 Å². The Kier molecular flexibility index (Phi) is 5.16. The molecule has 1 atom stereocenters. The van der Waals surface area contributed by atoms with Crippen molar-refractivity contribution in [3.8, 4) is 5.75 Å². The van der Waals surface area contributed by atoms with E-state index in [2.05, 4.69) is 32.9 Å². The van der Waals surface area contributed by atoms with Crippen LogP contribution in [0.3, 0.4) is 0 Å². The Morgan fingerprint density at radius 1 is 1.38 bits per heavy atom. The van der Waals surface area contributed by atoms with E-state index in [1.807, 2.05) is 17.8 Å². The van der Waals surface area contributed by atoms with Crippen LogP contribution in [0.15, 0.2) is 23.1 Å². The third kappa shape index (κ3) is 3.42. The highest BCUT2D eigenvalue weighted by Gasteiger charge is 2.15. The van der Waals surface area contributed by atoms with Gasteiger partial charge in [0, 0.05) is 16.7 Å². The Hall–Kier alpha value is -0.670. The van der Waals surface area contributed by atoms with E-state index in [1.54, 1.807) is 7.11 Å². The lowest BCUT2D eigenvalue weighted by molar-refractivity contribution is 0.404. The lowest BCUT2D eigenvalue weighted by Crippen LogP contribution is -2.22. The molecule has 0 bridgehead atoms. The number of hydrogen-bond donors (Lipinski definition) is 1. The Morgan fingerprint density at radius 2 is 2.06 bits per heavy atom. The van der Waals surface area contributed by atoms with E-state index in [0.29, 0.717) is 17.7 Å². The van der Waals surface area contributed by atoms with Crippen molar-refractivity contribution in [1.82, 2.24) is 0 Å². The quantitative estimate of drug-likeness (QED) is 0.802. The predicted molar refractivity (Wildman–Crippen MR) is 71.3 cm³/mol. The summed E-state index contributed by atoms with van der Waals surface area (Å²) in [4.78, 5) is 1.19. The summed E-state index contributed by atoms with van der Waals surface area (Å²) >= 11 is 1.81. The van der Waals surface area contributed by atoms with Crippen molar-refractivity contribution < 1.29 is 4.74 Å². The second-order valence-corrected chi connectivity index (χ2v) is 5.57. The van der Waals surface area contributed by atoms with E-state index in [0.717, 1.165) is 5.75 Å². The van der Waals surface area contributed by atoms with Gasteiger partial charge in [0.15, 0.2) is 0 Å². The molecule has 0 aliphatic rings. The van der Waals surface area contributed by atoms with Gasteiger partial charge in [0.05, 0.1) is 7.11 Å². The molecule has 0 aliphatic carbocycles. The number of hydrogen-bond acceptors (Lipinski definition) is 3. The molecule has 16 heavy (non-hydrogen) atoms. The number of ether oxygens (including phenoxy) is 1. The molecule has 1 rings (SSSR count). The maximum atomic E-state index is 5.79. The molecular formula is C13H21NOS. The molecule has 0 radical (unpaired) electrons. The molecule has 0 fully saturated rings. The van der Waals surface area contributed by atoms with Crippen molar-refractivity contribution in [3.05, 3.63) is 23.8 Å². The molecule has 2 nitrogen and oxygen atoms in total. The zero-order chi connectivity index (χ0) is 12.1. The largest absolute Gasteiger partial charge is 0.496 e. The summed E-state index contributed by atoms with van der Waals surface area (Å²) in [6, 6.07) is 6.25. The first-order valence-electron chi connectivity index (χ1n) is 5.59. The zero-order valence-electron chi connectivity index (χ0n) is 10.5. The monoisotopic (exact) mass is 239 g/mol. The average molecular weight is 239 g/mol. The van der Waals surface area contributed by atoms with Crippen molar-refractivity contribution in [2.24, 2.45) is 11.7 Å². The lowest BCUT2D eigenvalue weighted by Gasteiger charge is -2.19. The summed E-state index contributed by atoms with van der Waals surface area (Å²) in [5, 5.41) is 0.440. The van der Waals surface area contributed by atoms with Crippen molar-refractivity contribution in [1.29, 1.82) is 0 Å². The molecule has 1 unspecified atom stereocenters. The van der Waals surface area contributed by atoms with Gasteiger partial charge in [-0.05, 0) is 30.5 Å². The van der Waals surface area contributed by atoms with Crippen LogP contribution < -0.4 is 10.5 Å². The molecule has 0 spiro atoms. The minimum Gasteiger partial charge on any atom is -0.496 e. The summed E-state index contributed by atoms with van der Waals surface area (Å²) in [5.41, 5.74) is 7.04. The van der Waals surface area contributed by atoms with Crippen LogP contribution in [-0.4, -0.2) is 18.9 Å². The normalized spacial score (nSPS) is 12.9. The minimum atomic E-state index is 0.440. The van der Waals surface area contributed by atoms with E-state index in [4.69, 9.17) is 10.5 Å². The molecule has 2 N–H and O–H groups in total. The maximum Gasteiger partial charge on any atom is 0.132 e. The van der Waals surface area contributed by atoms with Gasteiger partial charge < -0.3 is 10.5 Å². The van der Waals surface area contributed by atoms with Gasteiger partial charge in [0.2, 0.25) is 0 Å². The van der Waals surface area contributed by atoms with Gasteiger partial charge in [-0.25, -0.2) is 0 Å². The smallest absolute Gasteiger partial charge is 0.132 e. The molecule has 0 amide bonds. The van der Waals surface area contributed by atoms with E-state index >= 15 is 0 Å². The summed E-state index contributed by atoms with van der Waals surface area (Å²) in [5.74, 6) is 1.51. The first kappa shape index (κ1) is 13.4. The number of methoxy groups -OCH3 is 1. The SMILES string of the molecule is COc1ccc(C)cc1SC(CN)C(C)C. The van der Waals surface area contributed by atoms with Crippen molar-refractivity contribution >= 4 is 11.8 Å². The van der Waals surface area contributed by atoms with Crippen LogP contribution in [0.5, 0.6) is 5.75 Å². The standard InChI is InChI=1S/C13H21NOS/c1-9(2)13(8-14)16-12-7-10(3)5-6-11(12)15-4/h5-7,9,13H,8,14H2,1-4H3. The molecule has 0 saturated heterocycles. The first-order valence-corrected chi connectivity index (χ1v) is 6.47.